The number of benzene rings is 1. The van der Waals surface area contributed by atoms with Crippen LogP contribution in [-0.2, 0) is 12.7 Å². The summed E-state index contributed by atoms with van der Waals surface area (Å²) < 4.78 is 37.9. The predicted octanol–water partition coefficient (Wildman–Crippen LogP) is 1.69. The quantitative estimate of drug-likeness (QED) is 0.794. The van der Waals surface area contributed by atoms with Crippen LogP contribution in [-0.4, -0.2) is 31.1 Å². The third-order valence-corrected chi connectivity index (χ3v) is 2.96. The zero-order chi connectivity index (χ0) is 13.2. The molecule has 0 aromatic heterocycles. The molecule has 0 amide bonds. The second kappa shape index (κ2) is 5.16. The summed E-state index contributed by atoms with van der Waals surface area (Å²) in [5.41, 5.74) is 5.63. The van der Waals surface area contributed by atoms with E-state index in [0.29, 0.717) is 12.1 Å². The van der Waals surface area contributed by atoms with Gasteiger partial charge in [0.1, 0.15) is 0 Å². The standard InChI is InChI=1S/C12H16F3N3/c13-12(14,15)10-5-9(6-11(16)7-10)8-18-3-1-17-2-4-18/h5-7,17H,1-4,8,16H2. The highest BCUT2D eigenvalue weighted by molar-refractivity contribution is 5.45. The second-order valence-electron chi connectivity index (χ2n) is 4.49. The van der Waals surface area contributed by atoms with E-state index in [-0.39, 0.29) is 5.69 Å². The van der Waals surface area contributed by atoms with E-state index in [4.69, 9.17) is 5.73 Å². The molecule has 18 heavy (non-hydrogen) atoms. The highest BCUT2D eigenvalue weighted by Gasteiger charge is 2.31. The second-order valence-corrected chi connectivity index (χ2v) is 4.49. The maximum atomic E-state index is 12.6. The van der Waals surface area contributed by atoms with E-state index in [2.05, 4.69) is 10.2 Å². The van der Waals surface area contributed by atoms with Crippen molar-refractivity contribution in [2.45, 2.75) is 12.7 Å². The number of nitrogens with two attached hydrogens (primary N) is 1. The molecular formula is C12H16F3N3. The number of nitrogen functional groups attached to an aromatic ring is 1. The van der Waals surface area contributed by atoms with Crippen LogP contribution < -0.4 is 11.1 Å². The number of piperazine rings is 1. The molecule has 1 fully saturated rings. The van der Waals surface area contributed by atoms with E-state index in [0.717, 1.165) is 32.2 Å². The molecule has 0 unspecified atom stereocenters. The van der Waals surface area contributed by atoms with Crippen molar-refractivity contribution in [3.8, 4) is 0 Å². The van der Waals surface area contributed by atoms with E-state index >= 15 is 0 Å². The SMILES string of the molecule is Nc1cc(CN2CCNCC2)cc(C(F)(F)F)c1. The molecule has 0 saturated carbocycles. The van der Waals surface area contributed by atoms with E-state index in [9.17, 15) is 13.2 Å². The maximum Gasteiger partial charge on any atom is 0.416 e. The first-order valence-electron chi connectivity index (χ1n) is 5.85. The van der Waals surface area contributed by atoms with Crippen LogP contribution in [0.15, 0.2) is 18.2 Å². The average Bonchev–Trinajstić information content (AvgIpc) is 2.28. The Bertz CT molecular complexity index is 412. The summed E-state index contributed by atoms with van der Waals surface area (Å²) in [6.45, 7) is 3.94. The van der Waals surface area contributed by atoms with Crippen molar-refractivity contribution >= 4 is 5.69 Å². The first kappa shape index (κ1) is 13.2. The third-order valence-electron chi connectivity index (χ3n) is 2.96. The van der Waals surface area contributed by atoms with Gasteiger partial charge in [-0.15, -0.1) is 0 Å². The molecule has 0 aliphatic carbocycles. The molecular weight excluding hydrogens is 243 g/mol. The van der Waals surface area contributed by atoms with Gasteiger partial charge in [0.05, 0.1) is 5.56 Å². The van der Waals surface area contributed by atoms with E-state index in [1.165, 1.54) is 6.07 Å². The van der Waals surface area contributed by atoms with Gasteiger partial charge in [0, 0.05) is 38.4 Å². The Balaban J connectivity index is 2.14. The van der Waals surface area contributed by atoms with Gasteiger partial charge in [-0.2, -0.15) is 13.2 Å². The Morgan fingerprint density at radius 1 is 1.17 bits per heavy atom. The smallest absolute Gasteiger partial charge is 0.399 e. The van der Waals surface area contributed by atoms with Crippen LogP contribution in [0.1, 0.15) is 11.1 Å². The van der Waals surface area contributed by atoms with E-state index < -0.39 is 11.7 Å². The van der Waals surface area contributed by atoms with Crippen LogP contribution in [0.5, 0.6) is 0 Å². The lowest BCUT2D eigenvalue weighted by Crippen LogP contribution is -2.42. The topological polar surface area (TPSA) is 41.3 Å². The van der Waals surface area contributed by atoms with Crippen LogP contribution in [0.3, 0.4) is 0 Å². The summed E-state index contributed by atoms with van der Waals surface area (Å²) in [6, 6.07) is 3.76. The summed E-state index contributed by atoms with van der Waals surface area (Å²) in [7, 11) is 0. The third kappa shape index (κ3) is 3.36. The molecule has 3 N–H and O–H groups in total. The van der Waals surface area contributed by atoms with Crippen molar-refractivity contribution in [2.75, 3.05) is 31.9 Å². The summed E-state index contributed by atoms with van der Waals surface area (Å²) in [6.07, 6.45) is -4.34. The van der Waals surface area contributed by atoms with Crippen LogP contribution in [0.25, 0.3) is 0 Å². The zero-order valence-electron chi connectivity index (χ0n) is 9.93. The van der Waals surface area contributed by atoms with Crippen molar-refractivity contribution in [3.05, 3.63) is 29.3 Å². The molecule has 3 nitrogen and oxygen atoms in total. The van der Waals surface area contributed by atoms with Gasteiger partial charge in [-0.3, -0.25) is 4.90 Å². The van der Waals surface area contributed by atoms with Gasteiger partial charge in [0.15, 0.2) is 0 Å². The molecule has 2 rings (SSSR count). The van der Waals surface area contributed by atoms with Gasteiger partial charge in [-0.05, 0) is 23.8 Å². The first-order chi connectivity index (χ1) is 8.45. The highest BCUT2D eigenvalue weighted by atomic mass is 19.4. The van der Waals surface area contributed by atoms with Gasteiger partial charge in [0.25, 0.3) is 0 Å². The number of hydrogen-bond acceptors (Lipinski definition) is 3. The van der Waals surface area contributed by atoms with E-state index in [1.807, 2.05) is 0 Å². The van der Waals surface area contributed by atoms with Crippen molar-refractivity contribution in [1.29, 1.82) is 0 Å². The fraction of sp³-hybridized carbons (Fsp3) is 0.500. The maximum absolute atomic E-state index is 12.6. The molecule has 0 bridgehead atoms. The molecule has 1 aliphatic rings. The van der Waals surface area contributed by atoms with Gasteiger partial charge >= 0.3 is 6.18 Å². The van der Waals surface area contributed by atoms with Gasteiger partial charge in [0.2, 0.25) is 0 Å². The van der Waals surface area contributed by atoms with Crippen LogP contribution in [0.4, 0.5) is 18.9 Å². The molecule has 0 spiro atoms. The summed E-state index contributed by atoms with van der Waals surface area (Å²) >= 11 is 0. The molecule has 0 radical (unpaired) electrons. The molecule has 1 aromatic rings. The van der Waals surface area contributed by atoms with Gasteiger partial charge in [-0.25, -0.2) is 0 Å². The molecule has 1 aromatic carbocycles. The van der Waals surface area contributed by atoms with Crippen molar-refractivity contribution < 1.29 is 13.2 Å². The van der Waals surface area contributed by atoms with Crippen molar-refractivity contribution in [2.24, 2.45) is 0 Å². The normalized spacial score (nSPS) is 17.9. The van der Waals surface area contributed by atoms with Crippen LogP contribution in [0, 0.1) is 0 Å². The van der Waals surface area contributed by atoms with Crippen molar-refractivity contribution in [1.82, 2.24) is 10.2 Å². The molecule has 6 heteroatoms. The fourth-order valence-electron chi connectivity index (χ4n) is 2.10. The van der Waals surface area contributed by atoms with E-state index in [1.54, 1.807) is 6.07 Å². The lowest BCUT2D eigenvalue weighted by molar-refractivity contribution is -0.137. The number of anilines is 1. The minimum Gasteiger partial charge on any atom is -0.399 e. The van der Waals surface area contributed by atoms with Gasteiger partial charge in [-0.1, -0.05) is 0 Å². The number of rotatable bonds is 2. The molecule has 0 atom stereocenters. The Hall–Kier alpha value is -1.27. The number of halogens is 3. The molecule has 1 saturated heterocycles. The highest BCUT2D eigenvalue weighted by Crippen LogP contribution is 2.31. The van der Waals surface area contributed by atoms with Crippen molar-refractivity contribution in [3.63, 3.8) is 0 Å². The predicted molar refractivity (Wildman–Crippen MR) is 64.0 cm³/mol. The minimum atomic E-state index is -4.34. The largest absolute Gasteiger partial charge is 0.416 e. The fourth-order valence-corrected chi connectivity index (χ4v) is 2.10. The zero-order valence-corrected chi connectivity index (χ0v) is 9.93. The lowest BCUT2D eigenvalue weighted by Gasteiger charge is -2.27. The lowest BCUT2D eigenvalue weighted by atomic mass is 10.1. The average molecular weight is 259 g/mol. The Labute approximate surface area is 104 Å². The minimum absolute atomic E-state index is 0.162. The molecule has 1 heterocycles. The summed E-state index contributed by atoms with van der Waals surface area (Å²) in [5, 5.41) is 3.20. The van der Waals surface area contributed by atoms with Crippen LogP contribution >= 0.6 is 0 Å². The molecule has 1 aliphatic heterocycles. The molecule has 100 valence electrons. The summed E-state index contributed by atoms with van der Waals surface area (Å²) in [4.78, 5) is 2.12. The number of hydrogen-bond donors (Lipinski definition) is 2. The number of alkyl halides is 3. The number of nitrogens with zero attached hydrogens (tertiary/aromatic N) is 1. The van der Waals surface area contributed by atoms with Gasteiger partial charge < -0.3 is 11.1 Å². The van der Waals surface area contributed by atoms with Crippen LogP contribution in [0.2, 0.25) is 0 Å². The monoisotopic (exact) mass is 259 g/mol. The Kier molecular flexibility index (Phi) is 3.77. The Morgan fingerprint density at radius 2 is 1.83 bits per heavy atom. The number of nitrogens with one attached hydrogen (secondary N) is 1. The summed E-state index contributed by atoms with van der Waals surface area (Å²) in [5.74, 6) is 0. The first-order valence-corrected chi connectivity index (χ1v) is 5.85. The Morgan fingerprint density at radius 3 is 2.44 bits per heavy atom.